The number of benzene rings is 3. The number of nitrogens with two attached hydrogens (primary N) is 1. The third-order valence-corrected chi connectivity index (χ3v) is 16.3. The van der Waals surface area contributed by atoms with Crippen molar-refractivity contribution in [1.29, 1.82) is 0 Å². The van der Waals surface area contributed by atoms with E-state index in [9.17, 15) is 26.0 Å². The Kier molecular flexibility index (Phi) is 15.9. The number of rotatable bonds is 14. The smallest absolute Gasteiger partial charge is 0.274 e. The largest absolute Gasteiger partial charge is 0.330 e. The van der Waals surface area contributed by atoms with Crippen LogP contribution in [0.4, 0.5) is 8.78 Å². The van der Waals surface area contributed by atoms with Gasteiger partial charge in [-0.3, -0.25) is 4.79 Å². The molecule has 3 aromatic carbocycles. The van der Waals surface area contributed by atoms with Crippen molar-refractivity contribution in [3.05, 3.63) is 153 Å². The molecule has 68 heavy (non-hydrogen) atoms. The Hall–Kier alpha value is -5.33. The van der Waals surface area contributed by atoms with Gasteiger partial charge >= 0.3 is 0 Å². The summed E-state index contributed by atoms with van der Waals surface area (Å²) in [6, 6.07) is 21.4. The van der Waals surface area contributed by atoms with Gasteiger partial charge in [0.2, 0.25) is 10.0 Å². The van der Waals surface area contributed by atoms with Gasteiger partial charge in [-0.25, -0.2) is 45.4 Å². The number of imidazole rings is 2. The average molecular weight is 1000 g/mol. The summed E-state index contributed by atoms with van der Waals surface area (Å²) in [4.78, 5) is 23.3. The maximum absolute atomic E-state index is 15.4. The molecule has 0 atom stereocenters. The molecule has 7 aromatic rings. The van der Waals surface area contributed by atoms with Gasteiger partial charge in [0.1, 0.15) is 31.7 Å². The summed E-state index contributed by atoms with van der Waals surface area (Å²) in [5.41, 5.74) is 2.64. The molecule has 0 unspecified atom stereocenters. The summed E-state index contributed by atoms with van der Waals surface area (Å²) in [5.74, 6) is 0.839. The first-order chi connectivity index (χ1) is 31.7. The van der Waals surface area contributed by atoms with Crippen molar-refractivity contribution in [2.24, 2.45) is 17.0 Å². The number of carbonyl (C=O) groups is 1. The fourth-order valence-electron chi connectivity index (χ4n) is 7.70. The number of halogens is 2. The van der Waals surface area contributed by atoms with Crippen LogP contribution in [-0.4, -0.2) is 41.8 Å². The van der Waals surface area contributed by atoms with E-state index >= 15 is 4.39 Å². The highest BCUT2D eigenvalue weighted by Gasteiger charge is 2.28. The molecule has 0 aliphatic carbocycles. The van der Waals surface area contributed by atoms with Crippen LogP contribution >= 0.6 is 22.7 Å². The predicted molar refractivity (Wildman–Crippen MR) is 269 cm³/mol. The van der Waals surface area contributed by atoms with Gasteiger partial charge in [0.25, 0.3) is 15.9 Å². The molecule has 1 amide bonds. The summed E-state index contributed by atoms with van der Waals surface area (Å²) < 4.78 is 87.4. The second kappa shape index (κ2) is 20.7. The van der Waals surface area contributed by atoms with E-state index in [-0.39, 0.29) is 24.8 Å². The molecule has 0 saturated carbocycles. The molecule has 0 bridgehead atoms. The van der Waals surface area contributed by atoms with Crippen LogP contribution in [0.3, 0.4) is 0 Å². The van der Waals surface area contributed by atoms with E-state index < -0.39 is 37.6 Å². The average Bonchev–Trinajstić information content (AvgIpc) is 4.06. The fraction of sp³-hybridized carbons (Fsp3) is 0.353. The second-order valence-corrected chi connectivity index (χ2v) is 25.6. The zero-order valence-electron chi connectivity index (χ0n) is 40.1. The van der Waals surface area contributed by atoms with E-state index in [0.29, 0.717) is 64.7 Å². The van der Waals surface area contributed by atoms with Crippen LogP contribution in [0.2, 0.25) is 0 Å². The number of amides is 1. The summed E-state index contributed by atoms with van der Waals surface area (Å²) in [7, 11) is -8.10. The third kappa shape index (κ3) is 12.8. The van der Waals surface area contributed by atoms with Gasteiger partial charge in [-0.05, 0) is 72.2 Å². The third-order valence-electron chi connectivity index (χ3n) is 10.7. The van der Waals surface area contributed by atoms with E-state index in [2.05, 4.69) is 70.1 Å². The standard InChI is InChI=1S/C29H32FN3O3S2.C22H28FN3O2S2/c1-19(2)15-23-17-24(27(37-23)38(35,36)32-26(34)20-9-7-6-8-10-20)21-11-12-22(25(30)16-21)18-33-14-13-31-28(33)29(3,4)5;1-14(2)10-17-12-18(20(29-17)30(24,27)28)15-6-7-16(19(23)11-15)13-26-9-8-25-21(26)22(3,4)5/h6-14,16-17,19H,15,18H2,1-5H3,(H,32,34);6-9,11-12,14H,10,13H2,1-5H3,(H2,24,27,28). The van der Waals surface area contributed by atoms with Crippen LogP contribution in [0.15, 0.2) is 112 Å². The number of hydrogen-bond acceptors (Lipinski definition) is 9. The van der Waals surface area contributed by atoms with Gasteiger partial charge in [-0.2, -0.15) is 0 Å². The van der Waals surface area contributed by atoms with E-state index in [4.69, 9.17) is 5.14 Å². The highest BCUT2D eigenvalue weighted by Crippen LogP contribution is 2.39. The molecular weight excluding hydrogens is 943 g/mol. The van der Waals surface area contributed by atoms with Crippen LogP contribution in [0, 0.1) is 23.5 Å². The summed E-state index contributed by atoms with van der Waals surface area (Å²) in [6.45, 7) is 21.2. The molecule has 4 heterocycles. The Morgan fingerprint density at radius 3 is 1.49 bits per heavy atom. The lowest BCUT2D eigenvalue weighted by Gasteiger charge is -2.20. The lowest BCUT2D eigenvalue weighted by molar-refractivity contribution is 0.0981. The van der Waals surface area contributed by atoms with Crippen molar-refractivity contribution < 1.29 is 30.4 Å². The van der Waals surface area contributed by atoms with Crippen LogP contribution < -0.4 is 9.86 Å². The first-order valence-electron chi connectivity index (χ1n) is 22.2. The zero-order valence-corrected chi connectivity index (χ0v) is 43.4. The lowest BCUT2D eigenvalue weighted by Crippen LogP contribution is -2.30. The Bertz CT molecular complexity index is 3120. The minimum Gasteiger partial charge on any atom is -0.330 e. The quantitative estimate of drug-likeness (QED) is 0.110. The number of hydrogen-bond donors (Lipinski definition) is 2. The van der Waals surface area contributed by atoms with Gasteiger partial charge in [-0.1, -0.05) is 112 Å². The zero-order chi connectivity index (χ0) is 49.9. The van der Waals surface area contributed by atoms with Crippen molar-refractivity contribution in [1.82, 2.24) is 23.8 Å². The van der Waals surface area contributed by atoms with Crippen molar-refractivity contribution in [3.63, 3.8) is 0 Å². The topological polar surface area (TPSA) is 159 Å². The number of nitrogens with one attached hydrogen (secondary N) is 1. The number of primary sulfonamides is 1. The number of carbonyl (C=O) groups excluding carboxylic acids is 1. The Labute approximate surface area is 407 Å². The molecule has 0 spiro atoms. The molecule has 0 aliphatic rings. The first kappa shape index (κ1) is 52.0. The predicted octanol–water partition coefficient (Wildman–Crippen LogP) is 11.4. The van der Waals surface area contributed by atoms with Gasteiger partial charge < -0.3 is 9.13 Å². The molecule has 4 aromatic heterocycles. The van der Waals surface area contributed by atoms with Crippen LogP contribution in [-0.2, 0) is 56.8 Å². The number of sulfonamides is 2. The highest BCUT2D eigenvalue weighted by molar-refractivity contribution is 7.92. The van der Waals surface area contributed by atoms with Gasteiger partial charge in [0, 0.05) is 73.2 Å². The minimum atomic E-state index is -4.20. The molecule has 17 heteroatoms. The summed E-state index contributed by atoms with van der Waals surface area (Å²) >= 11 is 2.27. The fourth-order valence-corrected chi connectivity index (χ4v) is 13.0. The lowest BCUT2D eigenvalue weighted by atomic mass is 9.95. The Morgan fingerprint density at radius 1 is 0.662 bits per heavy atom. The second-order valence-electron chi connectivity index (χ2n) is 19.7. The Balaban J connectivity index is 0.000000230. The van der Waals surface area contributed by atoms with Gasteiger partial charge in [0.15, 0.2) is 0 Å². The van der Waals surface area contributed by atoms with E-state index in [0.717, 1.165) is 50.5 Å². The van der Waals surface area contributed by atoms with Crippen LogP contribution in [0.5, 0.6) is 0 Å². The SMILES string of the molecule is CC(C)Cc1cc(-c2ccc(Cn3ccnc3C(C)(C)C)c(F)c2)c(S(=O)(=O)NC(=O)c2ccccc2)s1.CC(C)Cc1cc(-c2ccc(Cn3ccnc3C(C)(C)C)c(F)c2)c(S(N)(=O)=O)s1. The minimum absolute atomic E-state index is 0.00536. The molecule has 362 valence electrons. The molecule has 3 N–H and O–H groups in total. The van der Waals surface area contributed by atoms with Crippen molar-refractivity contribution >= 4 is 48.6 Å². The molecule has 7 rings (SSSR count). The molecule has 0 saturated heterocycles. The summed E-state index contributed by atoms with van der Waals surface area (Å²) in [6.07, 6.45) is 8.48. The van der Waals surface area contributed by atoms with Crippen molar-refractivity contribution in [2.75, 3.05) is 0 Å². The first-order valence-corrected chi connectivity index (χ1v) is 26.9. The molecule has 11 nitrogen and oxygen atoms in total. The monoisotopic (exact) mass is 1000 g/mol. The van der Waals surface area contributed by atoms with Gasteiger partial charge in [0.05, 0.1) is 13.1 Å². The maximum Gasteiger partial charge on any atom is 0.274 e. The maximum atomic E-state index is 15.4. The van der Waals surface area contributed by atoms with Gasteiger partial charge in [-0.15, -0.1) is 22.7 Å². The van der Waals surface area contributed by atoms with Crippen molar-refractivity contribution in [3.8, 4) is 22.3 Å². The van der Waals surface area contributed by atoms with E-state index in [1.807, 2.05) is 41.4 Å². The number of thiophene rings is 2. The Morgan fingerprint density at radius 2 is 1.09 bits per heavy atom. The molecule has 0 radical (unpaired) electrons. The van der Waals surface area contributed by atoms with E-state index in [1.54, 1.807) is 73.1 Å². The molecule has 0 fully saturated rings. The normalized spacial score (nSPS) is 12.4. The van der Waals surface area contributed by atoms with E-state index in [1.165, 1.54) is 12.1 Å². The van der Waals surface area contributed by atoms with Crippen molar-refractivity contribution in [2.45, 2.75) is 114 Å². The number of nitrogens with zero attached hydrogens (tertiary/aromatic N) is 4. The summed E-state index contributed by atoms with van der Waals surface area (Å²) in [5, 5.41) is 5.43. The highest BCUT2D eigenvalue weighted by atomic mass is 32.3. The molecular formula is C51H60F2N6O5S4. The number of aromatic nitrogens is 4. The van der Waals surface area contributed by atoms with Crippen LogP contribution in [0.25, 0.3) is 22.3 Å². The molecule has 0 aliphatic heterocycles. The van der Waals surface area contributed by atoms with Crippen LogP contribution in [0.1, 0.15) is 112 Å².